The lowest BCUT2D eigenvalue weighted by atomic mass is 9.72. The second-order valence-corrected chi connectivity index (χ2v) is 6.11. The van der Waals surface area contributed by atoms with Gasteiger partial charge in [-0.1, -0.05) is 41.5 Å². The minimum Gasteiger partial charge on any atom is -0.269 e. The molecule has 0 bridgehead atoms. The zero-order valence-corrected chi connectivity index (χ0v) is 10.0. The van der Waals surface area contributed by atoms with E-state index < -0.39 is 5.91 Å². The lowest BCUT2D eigenvalue weighted by Gasteiger charge is -2.32. The number of carbonyl (C=O) groups is 1. The molecule has 1 amide bonds. The van der Waals surface area contributed by atoms with Crippen molar-refractivity contribution in [1.29, 1.82) is 0 Å². The highest BCUT2D eigenvalue weighted by atomic mass is 16.3. The molecule has 3 heteroatoms. The average molecular weight is 199 g/mol. The van der Waals surface area contributed by atoms with Crippen LogP contribution < -0.4 is 0 Å². The molecule has 0 aliphatic rings. The minimum atomic E-state index is -0.521. The van der Waals surface area contributed by atoms with Crippen LogP contribution in [0.2, 0.25) is 0 Å². The molecule has 3 nitrogen and oxygen atoms in total. The molecule has 14 heavy (non-hydrogen) atoms. The summed E-state index contributed by atoms with van der Waals surface area (Å²) in [5, 5.41) is 2.55. The van der Waals surface area contributed by atoms with Gasteiger partial charge in [-0.25, -0.2) is 0 Å². The maximum Gasteiger partial charge on any atom is 0.289 e. The lowest BCUT2D eigenvalue weighted by molar-refractivity contribution is -0.126. The first-order valence-electron chi connectivity index (χ1n) is 4.95. The van der Waals surface area contributed by atoms with Gasteiger partial charge in [-0.3, -0.25) is 4.79 Å². The number of rotatable bonds is 2. The summed E-state index contributed by atoms with van der Waals surface area (Å²) in [5.74, 6) is -0.799. The van der Waals surface area contributed by atoms with E-state index in [9.17, 15) is 9.70 Å². The van der Waals surface area contributed by atoms with Crippen LogP contribution in [-0.2, 0) is 4.79 Å². The van der Waals surface area contributed by atoms with E-state index in [2.05, 4.69) is 25.9 Å². The SMILES string of the molecule is CC(C)(C)CC(C(=O)N=O)C(C)(C)C. The molecule has 0 aromatic heterocycles. The van der Waals surface area contributed by atoms with Crippen LogP contribution in [0.4, 0.5) is 0 Å². The first-order chi connectivity index (χ1) is 6.08. The zero-order valence-electron chi connectivity index (χ0n) is 10.0. The summed E-state index contributed by atoms with van der Waals surface area (Å²) in [4.78, 5) is 21.6. The number of amides is 1. The first kappa shape index (κ1) is 13.3. The van der Waals surface area contributed by atoms with E-state index >= 15 is 0 Å². The van der Waals surface area contributed by atoms with Gasteiger partial charge in [-0.15, -0.1) is 4.91 Å². The summed E-state index contributed by atoms with van der Waals surface area (Å²) >= 11 is 0. The van der Waals surface area contributed by atoms with E-state index in [0.717, 1.165) is 0 Å². The van der Waals surface area contributed by atoms with Crippen molar-refractivity contribution in [3.63, 3.8) is 0 Å². The van der Waals surface area contributed by atoms with E-state index in [0.29, 0.717) is 6.42 Å². The molecule has 0 heterocycles. The molecule has 0 spiro atoms. The van der Waals surface area contributed by atoms with Gasteiger partial charge in [0.05, 0.1) is 0 Å². The average Bonchev–Trinajstić information content (AvgIpc) is 1.95. The van der Waals surface area contributed by atoms with Crippen molar-refractivity contribution in [2.24, 2.45) is 21.9 Å². The van der Waals surface area contributed by atoms with E-state index in [1.54, 1.807) is 0 Å². The molecule has 82 valence electrons. The van der Waals surface area contributed by atoms with Crippen LogP contribution in [0.3, 0.4) is 0 Å². The van der Waals surface area contributed by atoms with E-state index in [4.69, 9.17) is 0 Å². The number of nitroso groups, excluding NO2 is 1. The number of hydrogen-bond donors (Lipinski definition) is 0. The van der Waals surface area contributed by atoms with E-state index in [-0.39, 0.29) is 16.7 Å². The van der Waals surface area contributed by atoms with Gasteiger partial charge in [0, 0.05) is 11.1 Å². The van der Waals surface area contributed by atoms with Crippen molar-refractivity contribution in [2.45, 2.75) is 48.0 Å². The molecule has 1 unspecified atom stereocenters. The third kappa shape index (κ3) is 4.49. The summed E-state index contributed by atoms with van der Waals surface area (Å²) in [6.07, 6.45) is 0.696. The number of carbonyl (C=O) groups excluding carboxylic acids is 1. The molecule has 0 rings (SSSR count). The molecule has 0 N–H and O–H groups in total. The predicted molar refractivity (Wildman–Crippen MR) is 57.8 cm³/mol. The lowest BCUT2D eigenvalue weighted by Crippen LogP contribution is -2.31. The number of nitrogens with zero attached hydrogens (tertiary/aromatic N) is 1. The molecule has 0 saturated heterocycles. The largest absolute Gasteiger partial charge is 0.289 e. The Labute approximate surface area is 86.2 Å². The van der Waals surface area contributed by atoms with Crippen molar-refractivity contribution < 1.29 is 4.79 Å². The van der Waals surface area contributed by atoms with Crippen molar-refractivity contribution >= 4 is 5.91 Å². The van der Waals surface area contributed by atoms with Gasteiger partial charge in [0.2, 0.25) is 0 Å². The fourth-order valence-corrected chi connectivity index (χ4v) is 1.44. The summed E-state index contributed by atoms with van der Waals surface area (Å²) in [6.45, 7) is 12.1. The Morgan fingerprint density at radius 3 is 1.79 bits per heavy atom. The summed E-state index contributed by atoms with van der Waals surface area (Å²) in [7, 11) is 0. The fourth-order valence-electron chi connectivity index (χ4n) is 1.44. The zero-order chi connectivity index (χ0) is 11.6. The van der Waals surface area contributed by atoms with Crippen LogP contribution in [-0.4, -0.2) is 5.91 Å². The Morgan fingerprint density at radius 1 is 1.14 bits per heavy atom. The molecule has 0 saturated carbocycles. The molecule has 0 radical (unpaired) electrons. The second-order valence-electron chi connectivity index (χ2n) is 6.11. The third-order valence-corrected chi connectivity index (χ3v) is 2.25. The van der Waals surface area contributed by atoms with Crippen molar-refractivity contribution in [3.05, 3.63) is 4.91 Å². The maximum atomic E-state index is 11.4. The molecular formula is C11H21NO2. The highest BCUT2D eigenvalue weighted by molar-refractivity contribution is 5.80. The molecule has 0 aliphatic carbocycles. The van der Waals surface area contributed by atoms with Gasteiger partial charge in [0.25, 0.3) is 5.91 Å². The molecular weight excluding hydrogens is 178 g/mol. The van der Waals surface area contributed by atoms with Gasteiger partial charge in [0.15, 0.2) is 0 Å². The third-order valence-electron chi connectivity index (χ3n) is 2.25. The van der Waals surface area contributed by atoms with Crippen molar-refractivity contribution in [3.8, 4) is 0 Å². The number of hydrogen-bond acceptors (Lipinski definition) is 2. The van der Waals surface area contributed by atoms with Crippen LogP contribution in [0, 0.1) is 21.7 Å². The van der Waals surface area contributed by atoms with Crippen LogP contribution in [0.15, 0.2) is 5.18 Å². The van der Waals surface area contributed by atoms with Gasteiger partial charge in [-0.05, 0) is 17.3 Å². The molecule has 0 aliphatic heterocycles. The van der Waals surface area contributed by atoms with Crippen molar-refractivity contribution in [1.82, 2.24) is 0 Å². The van der Waals surface area contributed by atoms with E-state index in [1.165, 1.54) is 0 Å². The highest BCUT2D eigenvalue weighted by Crippen LogP contribution is 2.36. The standard InChI is InChI=1S/C11H21NO2/c1-10(2,3)7-8(9(13)12-14)11(4,5)6/h8H,7H2,1-6H3. The molecule has 0 aromatic carbocycles. The van der Waals surface area contributed by atoms with Gasteiger partial charge < -0.3 is 0 Å². The molecule has 0 fully saturated rings. The van der Waals surface area contributed by atoms with Crippen molar-refractivity contribution in [2.75, 3.05) is 0 Å². The van der Waals surface area contributed by atoms with Crippen LogP contribution in [0.25, 0.3) is 0 Å². The molecule has 0 aromatic rings. The Kier molecular flexibility index (Phi) is 3.98. The maximum absolute atomic E-state index is 11.4. The molecule has 1 atom stereocenters. The monoisotopic (exact) mass is 199 g/mol. The first-order valence-corrected chi connectivity index (χ1v) is 4.95. The smallest absolute Gasteiger partial charge is 0.269 e. The Bertz CT molecular complexity index is 220. The van der Waals surface area contributed by atoms with E-state index in [1.807, 2.05) is 20.8 Å². The summed E-state index contributed by atoms with van der Waals surface area (Å²) in [6, 6.07) is 0. The highest BCUT2D eigenvalue weighted by Gasteiger charge is 2.35. The summed E-state index contributed by atoms with van der Waals surface area (Å²) < 4.78 is 0. The van der Waals surface area contributed by atoms with Gasteiger partial charge in [-0.2, -0.15) is 0 Å². The Balaban J connectivity index is 4.76. The normalized spacial score (nSPS) is 15.0. The fraction of sp³-hybridized carbons (Fsp3) is 0.909. The van der Waals surface area contributed by atoms with Gasteiger partial charge >= 0.3 is 0 Å². The second kappa shape index (κ2) is 4.20. The topological polar surface area (TPSA) is 46.5 Å². The van der Waals surface area contributed by atoms with Crippen LogP contribution in [0.5, 0.6) is 0 Å². The Morgan fingerprint density at radius 2 is 1.57 bits per heavy atom. The minimum absolute atomic E-state index is 0.0400. The van der Waals surface area contributed by atoms with Crippen LogP contribution in [0.1, 0.15) is 48.0 Å². The quantitative estimate of drug-likeness (QED) is 0.640. The summed E-state index contributed by atoms with van der Waals surface area (Å²) in [5.41, 5.74) is -0.156. The van der Waals surface area contributed by atoms with Crippen LogP contribution >= 0.6 is 0 Å². The Hall–Kier alpha value is -0.730. The van der Waals surface area contributed by atoms with Gasteiger partial charge in [0.1, 0.15) is 0 Å². The predicted octanol–water partition coefficient (Wildman–Crippen LogP) is 3.38.